The molecule has 92 valence electrons. The lowest BCUT2D eigenvalue weighted by molar-refractivity contribution is -0.121. The van der Waals surface area contributed by atoms with E-state index in [1.165, 1.54) is 30.1 Å². The summed E-state index contributed by atoms with van der Waals surface area (Å²) >= 11 is 0. The minimum atomic E-state index is -0.583. The molecule has 0 unspecified atom stereocenters. The van der Waals surface area contributed by atoms with Crippen LogP contribution in [0.2, 0.25) is 0 Å². The van der Waals surface area contributed by atoms with E-state index in [1.807, 2.05) is 0 Å². The Morgan fingerprint density at radius 3 is 2.59 bits per heavy atom. The second kappa shape index (κ2) is 5.98. The van der Waals surface area contributed by atoms with Gasteiger partial charge in [-0.15, -0.1) is 0 Å². The predicted octanol–water partition coefficient (Wildman–Crippen LogP) is 1.03. The van der Waals surface area contributed by atoms with Gasteiger partial charge in [0.2, 0.25) is 5.91 Å². The Bertz CT molecular complexity index is 421. The van der Waals surface area contributed by atoms with Crippen LogP contribution in [-0.2, 0) is 4.79 Å². The van der Waals surface area contributed by atoms with Crippen LogP contribution in [0.25, 0.3) is 0 Å². The fourth-order valence-corrected chi connectivity index (χ4v) is 1.38. The molecule has 0 aromatic heterocycles. The number of halogens is 1. The first-order chi connectivity index (χ1) is 8.06. The van der Waals surface area contributed by atoms with E-state index in [0.29, 0.717) is 6.54 Å². The highest BCUT2D eigenvalue weighted by Gasteiger charge is 2.17. The molecule has 17 heavy (non-hydrogen) atoms. The summed E-state index contributed by atoms with van der Waals surface area (Å²) in [6, 6.07) is 5.70. The predicted molar refractivity (Wildman–Crippen MR) is 62.0 cm³/mol. The molecule has 2 amide bonds. The second-order valence-electron chi connectivity index (χ2n) is 3.59. The van der Waals surface area contributed by atoms with Gasteiger partial charge in [0.25, 0.3) is 5.91 Å². The van der Waals surface area contributed by atoms with E-state index in [0.717, 1.165) is 0 Å². The molecule has 0 heterocycles. The quantitative estimate of drug-likeness (QED) is 0.851. The van der Waals surface area contributed by atoms with Gasteiger partial charge in [-0.1, -0.05) is 12.1 Å². The molecule has 0 spiro atoms. The van der Waals surface area contributed by atoms with Gasteiger partial charge < -0.3 is 10.2 Å². The highest BCUT2D eigenvalue weighted by atomic mass is 19.1. The van der Waals surface area contributed by atoms with Gasteiger partial charge in [0.05, 0.1) is 12.1 Å². The van der Waals surface area contributed by atoms with Crippen molar-refractivity contribution in [3.63, 3.8) is 0 Å². The van der Waals surface area contributed by atoms with Gasteiger partial charge >= 0.3 is 0 Å². The van der Waals surface area contributed by atoms with Crippen LogP contribution in [0.3, 0.4) is 0 Å². The molecule has 0 saturated carbocycles. The maximum Gasteiger partial charge on any atom is 0.257 e. The van der Waals surface area contributed by atoms with E-state index >= 15 is 0 Å². The van der Waals surface area contributed by atoms with Crippen LogP contribution in [0, 0.1) is 5.82 Å². The third-order valence-electron chi connectivity index (χ3n) is 2.21. The molecule has 0 saturated heterocycles. The molecule has 0 aliphatic carbocycles. The number of rotatable bonds is 4. The van der Waals surface area contributed by atoms with Crippen LogP contribution >= 0.6 is 0 Å². The number of likely N-dealkylation sites (N-methyl/N-ethyl adjacent to an activating group) is 2. The molecular formula is C12H15FN2O2. The average Bonchev–Trinajstić information content (AvgIpc) is 2.29. The Hall–Kier alpha value is -1.91. The standard InChI is InChI=1S/C12H15FN2O2/c1-3-14-11(16)8-15(2)12(17)9-6-4-5-7-10(9)13/h4-7H,3,8H2,1-2H3,(H,14,16). The smallest absolute Gasteiger partial charge is 0.257 e. The Morgan fingerprint density at radius 2 is 2.00 bits per heavy atom. The van der Waals surface area contributed by atoms with Crippen LogP contribution in [0.15, 0.2) is 24.3 Å². The van der Waals surface area contributed by atoms with Crippen molar-refractivity contribution in [2.75, 3.05) is 20.1 Å². The maximum absolute atomic E-state index is 13.3. The minimum absolute atomic E-state index is 0.0284. The van der Waals surface area contributed by atoms with E-state index in [4.69, 9.17) is 0 Å². The van der Waals surface area contributed by atoms with Gasteiger partial charge in [-0.05, 0) is 19.1 Å². The molecule has 0 atom stereocenters. The van der Waals surface area contributed by atoms with Crippen LogP contribution in [-0.4, -0.2) is 36.9 Å². The number of benzene rings is 1. The number of nitrogens with one attached hydrogen (secondary N) is 1. The molecular weight excluding hydrogens is 223 g/mol. The van der Waals surface area contributed by atoms with E-state index in [9.17, 15) is 14.0 Å². The Labute approximate surface area is 99.4 Å². The Kier molecular flexibility index (Phi) is 4.63. The average molecular weight is 238 g/mol. The van der Waals surface area contributed by atoms with Gasteiger partial charge in [-0.2, -0.15) is 0 Å². The van der Waals surface area contributed by atoms with E-state index in [-0.39, 0.29) is 18.0 Å². The SMILES string of the molecule is CCNC(=O)CN(C)C(=O)c1ccccc1F. The van der Waals surface area contributed by atoms with Crippen molar-refractivity contribution in [1.82, 2.24) is 10.2 Å². The zero-order valence-corrected chi connectivity index (χ0v) is 9.87. The fraction of sp³-hybridized carbons (Fsp3) is 0.333. The summed E-state index contributed by atoms with van der Waals surface area (Å²) in [5, 5.41) is 2.57. The van der Waals surface area contributed by atoms with Gasteiger partial charge in [0.15, 0.2) is 0 Å². The van der Waals surface area contributed by atoms with Crippen LogP contribution < -0.4 is 5.32 Å². The number of carbonyl (C=O) groups is 2. The van der Waals surface area contributed by atoms with Gasteiger partial charge in [-0.25, -0.2) is 4.39 Å². The summed E-state index contributed by atoms with van der Waals surface area (Å²) in [6.07, 6.45) is 0. The number of hydrogen-bond acceptors (Lipinski definition) is 2. The molecule has 1 N–H and O–H groups in total. The topological polar surface area (TPSA) is 49.4 Å². The summed E-state index contributed by atoms with van der Waals surface area (Å²) in [4.78, 5) is 24.3. The number of hydrogen-bond donors (Lipinski definition) is 1. The van der Waals surface area contributed by atoms with Crippen LogP contribution in [0.5, 0.6) is 0 Å². The Morgan fingerprint density at radius 1 is 1.35 bits per heavy atom. The fourth-order valence-electron chi connectivity index (χ4n) is 1.38. The van der Waals surface area contributed by atoms with Crippen molar-refractivity contribution in [3.8, 4) is 0 Å². The molecule has 0 fully saturated rings. The van der Waals surface area contributed by atoms with Crippen molar-refractivity contribution in [2.45, 2.75) is 6.92 Å². The normalized spacial score (nSPS) is 9.82. The number of amides is 2. The summed E-state index contributed by atoms with van der Waals surface area (Å²) in [7, 11) is 1.46. The zero-order chi connectivity index (χ0) is 12.8. The molecule has 5 heteroatoms. The van der Waals surface area contributed by atoms with Crippen molar-refractivity contribution in [1.29, 1.82) is 0 Å². The summed E-state index contributed by atoms with van der Waals surface area (Å²) in [5.74, 6) is -1.35. The van der Waals surface area contributed by atoms with Crippen LogP contribution in [0.1, 0.15) is 17.3 Å². The van der Waals surface area contributed by atoms with Crippen molar-refractivity contribution < 1.29 is 14.0 Å². The molecule has 4 nitrogen and oxygen atoms in total. The largest absolute Gasteiger partial charge is 0.355 e. The summed E-state index contributed by atoms with van der Waals surface area (Å²) < 4.78 is 13.3. The molecule has 1 aromatic rings. The van der Waals surface area contributed by atoms with Crippen molar-refractivity contribution in [3.05, 3.63) is 35.6 Å². The van der Waals surface area contributed by atoms with E-state index in [2.05, 4.69) is 5.32 Å². The molecule has 0 bridgehead atoms. The first kappa shape index (κ1) is 13.2. The third kappa shape index (κ3) is 3.55. The second-order valence-corrected chi connectivity index (χ2v) is 3.59. The van der Waals surface area contributed by atoms with E-state index < -0.39 is 11.7 Å². The monoisotopic (exact) mass is 238 g/mol. The zero-order valence-electron chi connectivity index (χ0n) is 9.87. The molecule has 1 aromatic carbocycles. The van der Waals surface area contributed by atoms with Gasteiger partial charge in [0.1, 0.15) is 5.82 Å². The maximum atomic E-state index is 13.3. The van der Waals surface area contributed by atoms with Crippen LogP contribution in [0.4, 0.5) is 4.39 Å². The third-order valence-corrected chi connectivity index (χ3v) is 2.21. The summed E-state index contributed by atoms with van der Waals surface area (Å²) in [5.41, 5.74) is -0.0284. The van der Waals surface area contributed by atoms with E-state index in [1.54, 1.807) is 13.0 Å². The number of nitrogens with zero attached hydrogens (tertiary/aromatic N) is 1. The highest BCUT2D eigenvalue weighted by molar-refractivity contribution is 5.96. The summed E-state index contributed by atoms with van der Waals surface area (Å²) in [6.45, 7) is 2.21. The highest BCUT2D eigenvalue weighted by Crippen LogP contribution is 2.08. The van der Waals surface area contributed by atoms with Gasteiger partial charge in [0, 0.05) is 13.6 Å². The molecule has 0 radical (unpaired) electrons. The molecule has 1 rings (SSSR count). The molecule has 0 aliphatic heterocycles. The Balaban J connectivity index is 2.70. The van der Waals surface area contributed by atoms with Gasteiger partial charge in [-0.3, -0.25) is 9.59 Å². The lowest BCUT2D eigenvalue weighted by Crippen LogP contribution is -2.38. The first-order valence-electron chi connectivity index (χ1n) is 5.33. The van der Waals surface area contributed by atoms with Crippen molar-refractivity contribution >= 4 is 11.8 Å². The lowest BCUT2D eigenvalue weighted by atomic mass is 10.2. The number of carbonyl (C=O) groups excluding carboxylic acids is 2. The first-order valence-corrected chi connectivity index (χ1v) is 5.33. The minimum Gasteiger partial charge on any atom is -0.355 e. The van der Waals surface area contributed by atoms with Crippen molar-refractivity contribution in [2.24, 2.45) is 0 Å². The lowest BCUT2D eigenvalue weighted by Gasteiger charge is -2.16. The molecule has 0 aliphatic rings.